The molecule has 3 aromatic rings. The monoisotopic (exact) mass is 424 g/mol. The first kappa shape index (κ1) is 19.1. The second kappa shape index (κ2) is 8.34. The standard InChI is InChI=1S/C23H25BrOSi/c1-23(2,3)22(18-11-10-12-19(24)17-18)25-26(20-13-6-4-7-14-20)21-15-8-5-9-16-21/h4-17,22,26H,1-3H3. The number of benzene rings is 3. The Bertz CT molecular complexity index is 788. The molecule has 134 valence electrons. The van der Waals surface area contributed by atoms with E-state index in [4.69, 9.17) is 4.43 Å². The fourth-order valence-electron chi connectivity index (χ4n) is 3.19. The molecule has 0 saturated heterocycles. The van der Waals surface area contributed by atoms with Crippen LogP contribution in [-0.2, 0) is 4.43 Å². The third-order valence-electron chi connectivity index (χ3n) is 4.41. The number of hydrogen-bond donors (Lipinski definition) is 0. The Balaban J connectivity index is 2.03. The van der Waals surface area contributed by atoms with Crippen molar-refractivity contribution in [2.24, 2.45) is 5.41 Å². The first-order valence-corrected chi connectivity index (χ1v) is 11.4. The molecule has 3 heteroatoms. The lowest BCUT2D eigenvalue weighted by Gasteiger charge is -2.35. The van der Waals surface area contributed by atoms with Crippen molar-refractivity contribution in [3.63, 3.8) is 0 Å². The first-order chi connectivity index (χ1) is 12.4. The summed E-state index contributed by atoms with van der Waals surface area (Å²) in [7, 11) is -1.81. The summed E-state index contributed by atoms with van der Waals surface area (Å²) < 4.78 is 8.03. The summed E-state index contributed by atoms with van der Waals surface area (Å²) in [6, 6.07) is 29.8. The number of halogens is 1. The van der Waals surface area contributed by atoms with Gasteiger partial charge >= 0.3 is 0 Å². The molecule has 3 rings (SSSR count). The Morgan fingerprint density at radius 2 is 1.31 bits per heavy atom. The minimum Gasteiger partial charge on any atom is -0.403 e. The highest BCUT2D eigenvalue weighted by Crippen LogP contribution is 2.37. The summed E-state index contributed by atoms with van der Waals surface area (Å²) in [6.45, 7) is 6.75. The van der Waals surface area contributed by atoms with E-state index in [-0.39, 0.29) is 11.5 Å². The van der Waals surface area contributed by atoms with Crippen LogP contribution >= 0.6 is 15.9 Å². The van der Waals surface area contributed by atoms with Crippen molar-refractivity contribution in [1.82, 2.24) is 0 Å². The van der Waals surface area contributed by atoms with E-state index >= 15 is 0 Å². The molecule has 0 radical (unpaired) electrons. The van der Waals surface area contributed by atoms with Gasteiger partial charge in [0.2, 0.25) is 9.04 Å². The lowest BCUT2D eigenvalue weighted by molar-refractivity contribution is 0.0896. The average molecular weight is 425 g/mol. The van der Waals surface area contributed by atoms with Gasteiger partial charge in [-0.1, -0.05) is 109 Å². The van der Waals surface area contributed by atoms with Crippen LogP contribution in [0.2, 0.25) is 0 Å². The summed E-state index contributed by atoms with van der Waals surface area (Å²) in [5.41, 5.74) is 1.21. The maximum Gasteiger partial charge on any atom is 0.240 e. The molecule has 1 unspecified atom stereocenters. The molecule has 0 N–H and O–H groups in total. The molecule has 0 heterocycles. The lowest BCUT2D eigenvalue weighted by Crippen LogP contribution is -2.47. The molecule has 0 amide bonds. The summed E-state index contributed by atoms with van der Waals surface area (Å²) in [6.07, 6.45) is 0.0251. The van der Waals surface area contributed by atoms with Gasteiger partial charge in [0.15, 0.2) is 0 Å². The van der Waals surface area contributed by atoms with Gasteiger partial charge in [-0.05, 0) is 33.5 Å². The van der Waals surface area contributed by atoms with E-state index in [0.29, 0.717) is 0 Å². The highest BCUT2D eigenvalue weighted by Gasteiger charge is 2.31. The van der Waals surface area contributed by atoms with Crippen molar-refractivity contribution < 1.29 is 4.43 Å². The van der Waals surface area contributed by atoms with Crippen LogP contribution in [0.4, 0.5) is 0 Å². The largest absolute Gasteiger partial charge is 0.403 e. The Kier molecular flexibility index (Phi) is 6.12. The summed E-state index contributed by atoms with van der Waals surface area (Å²) in [5, 5.41) is 2.62. The van der Waals surface area contributed by atoms with Crippen LogP contribution in [0.5, 0.6) is 0 Å². The second-order valence-electron chi connectivity index (χ2n) is 7.64. The Morgan fingerprint density at radius 1 is 0.769 bits per heavy atom. The molecule has 1 atom stereocenters. The maximum atomic E-state index is 6.95. The highest BCUT2D eigenvalue weighted by atomic mass is 79.9. The molecule has 0 aliphatic rings. The molecule has 0 saturated carbocycles. The zero-order chi connectivity index (χ0) is 18.6. The van der Waals surface area contributed by atoms with Gasteiger partial charge in [0.05, 0.1) is 6.10 Å². The van der Waals surface area contributed by atoms with Crippen molar-refractivity contribution in [3.05, 3.63) is 95.0 Å². The highest BCUT2D eigenvalue weighted by molar-refractivity contribution is 9.10. The van der Waals surface area contributed by atoms with Crippen LogP contribution in [0.25, 0.3) is 0 Å². The Labute approximate surface area is 166 Å². The molecule has 0 bridgehead atoms. The van der Waals surface area contributed by atoms with Crippen LogP contribution in [0.15, 0.2) is 89.4 Å². The fraction of sp³-hybridized carbons (Fsp3) is 0.217. The van der Waals surface area contributed by atoms with Crippen molar-refractivity contribution in [2.75, 3.05) is 0 Å². The average Bonchev–Trinajstić information content (AvgIpc) is 2.63. The topological polar surface area (TPSA) is 9.23 Å². The van der Waals surface area contributed by atoms with Crippen LogP contribution in [0.1, 0.15) is 32.4 Å². The van der Waals surface area contributed by atoms with Gasteiger partial charge in [-0.15, -0.1) is 0 Å². The second-order valence-corrected chi connectivity index (χ2v) is 10.9. The lowest BCUT2D eigenvalue weighted by atomic mass is 9.85. The van der Waals surface area contributed by atoms with Gasteiger partial charge < -0.3 is 4.43 Å². The van der Waals surface area contributed by atoms with Gasteiger partial charge in [-0.3, -0.25) is 0 Å². The van der Waals surface area contributed by atoms with Crippen LogP contribution in [0, 0.1) is 5.41 Å². The van der Waals surface area contributed by atoms with Gasteiger partial charge in [-0.25, -0.2) is 0 Å². The van der Waals surface area contributed by atoms with E-state index in [0.717, 1.165) is 4.47 Å². The zero-order valence-electron chi connectivity index (χ0n) is 15.5. The van der Waals surface area contributed by atoms with E-state index in [1.165, 1.54) is 15.9 Å². The van der Waals surface area contributed by atoms with E-state index in [1.54, 1.807) is 0 Å². The first-order valence-electron chi connectivity index (χ1n) is 8.96. The molecule has 0 aromatic heterocycles. The van der Waals surface area contributed by atoms with Gasteiger partial charge in [0.25, 0.3) is 0 Å². The zero-order valence-corrected chi connectivity index (χ0v) is 18.3. The summed E-state index contributed by atoms with van der Waals surface area (Å²) in [4.78, 5) is 0. The van der Waals surface area contributed by atoms with E-state index in [1.807, 2.05) is 0 Å². The Morgan fingerprint density at radius 3 is 1.77 bits per heavy atom. The normalized spacial score (nSPS) is 13.0. The molecule has 26 heavy (non-hydrogen) atoms. The van der Waals surface area contributed by atoms with Gasteiger partial charge in [0.1, 0.15) is 0 Å². The molecule has 1 nitrogen and oxygen atoms in total. The van der Waals surface area contributed by atoms with E-state index in [9.17, 15) is 0 Å². The predicted octanol–water partition coefficient (Wildman–Crippen LogP) is 5.09. The van der Waals surface area contributed by atoms with Crippen LogP contribution in [0.3, 0.4) is 0 Å². The quantitative estimate of drug-likeness (QED) is 0.518. The van der Waals surface area contributed by atoms with Crippen molar-refractivity contribution in [3.8, 4) is 0 Å². The van der Waals surface area contributed by atoms with Crippen molar-refractivity contribution in [2.45, 2.75) is 26.9 Å². The predicted molar refractivity (Wildman–Crippen MR) is 117 cm³/mol. The molecule has 3 aromatic carbocycles. The van der Waals surface area contributed by atoms with E-state index in [2.05, 4.69) is 122 Å². The maximum absolute atomic E-state index is 6.95. The third-order valence-corrected chi connectivity index (χ3v) is 7.43. The summed E-state index contributed by atoms with van der Waals surface area (Å²) in [5.74, 6) is 0. The molecule has 0 aliphatic heterocycles. The summed E-state index contributed by atoms with van der Waals surface area (Å²) >= 11 is 3.61. The molecule has 0 aliphatic carbocycles. The molecular formula is C23H25BrOSi. The van der Waals surface area contributed by atoms with Crippen LogP contribution in [-0.4, -0.2) is 9.04 Å². The fourth-order valence-corrected chi connectivity index (χ4v) is 6.29. The number of rotatable bonds is 5. The number of hydrogen-bond acceptors (Lipinski definition) is 1. The Hall–Kier alpha value is -1.68. The minimum atomic E-state index is -1.81. The van der Waals surface area contributed by atoms with Gasteiger partial charge in [-0.2, -0.15) is 0 Å². The smallest absolute Gasteiger partial charge is 0.240 e. The molecule has 0 fully saturated rings. The molecule has 0 spiro atoms. The van der Waals surface area contributed by atoms with E-state index < -0.39 is 9.04 Å². The SMILES string of the molecule is CC(C)(C)C(O[SiH](c1ccccc1)c1ccccc1)c1cccc(Br)c1. The molecular weight excluding hydrogens is 400 g/mol. The van der Waals surface area contributed by atoms with Crippen molar-refractivity contribution >= 4 is 35.3 Å². The minimum absolute atomic E-state index is 0.00436. The van der Waals surface area contributed by atoms with Crippen molar-refractivity contribution in [1.29, 1.82) is 0 Å². The third kappa shape index (κ3) is 4.73. The van der Waals surface area contributed by atoms with Crippen LogP contribution < -0.4 is 10.4 Å². The van der Waals surface area contributed by atoms with Gasteiger partial charge in [0, 0.05) is 4.47 Å².